The lowest BCUT2D eigenvalue weighted by Crippen LogP contribution is -2.08. The summed E-state index contributed by atoms with van der Waals surface area (Å²) in [5, 5.41) is 2.15. The molecule has 0 radical (unpaired) electrons. The maximum Gasteiger partial charge on any atom is 0.165 e. The SMILES string of the molecule is CCCC(C)CC(=O)c1cc2ccccc2cc1N. The Labute approximate surface area is 114 Å². The lowest BCUT2D eigenvalue weighted by molar-refractivity contribution is 0.0963. The standard InChI is InChI=1S/C17H21NO/c1-3-6-12(2)9-17(19)15-10-13-7-4-5-8-14(13)11-16(15)18/h4-5,7-8,10-12H,3,6,9,18H2,1-2H3. The van der Waals surface area contributed by atoms with Crippen molar-refractivity contribution in [2.45, 2.75) is 33.1 Å². The third-order valence-corrected chi connectivity index (χ3v) is 3.53. The third-order valence-electron chi connectivity index (χ3n) is 3.53. The van der Waals surface area contributed by atoms with Crippen molar-refractivity contribution in [2.24, 2.45) is 5.92 Å². The van der Waals surface area contributed by atoms with Crippen LogP contribution >= 0.6 is 0 Å². The second-order valence-electron chi connectivity index (χ2n) is 5.31. The molecular weight excluding hydrogens is 234 g/mol. The number of hydrogen-bond donors (Lipinski definition) is 1. The number of benzene rings is 2. The molecular formula is C17H21NO. The number of carbonyl (C=O) groups excluding carboxylic acids is 1. The molecule has 2 N–H and O–H groups in total. The van der Waals surface area contributed by atoms with Gasteiger partial charge in [0.15, 0.2) is 5.78 Å². The molecule has 0 aliphatic heterocycles. The first-order chi connectivity index (χ1) is 9.11. The van der Waals surface area contributed by atoms with Crippen molar-refractivity contribution in [3.63, 3.8) is 0 Å². The number of rotatable bonds is 5. The summed E-state index contributed by atoms with van der Waals surface area (Å²) in [6.07, 6.45) is 2.78. The molecule has 2 rings (SSSR count). The zero-order valence-electron chi connectivity index (χ0n) is 11.6. The van der Waals surface area contributed by atoms with E-state index in [1.54, 1.807) is 0 Å². The second kappa shape index (κ2) is 5.87. The average molecular weight is 255 g/mol. The molecule has 0 aromatic heterocycles. The summed E-state index contributed by atoms with van der Waals surface area (Å²) in [4.78, 5) is 12.3. The average Bonchev–Trinajstić information content (AvgIpc) is 2.38. The third kappa shape index (κ3) is 3.14. The number of nitrogen functional groups attached to an aromatic ring is 1. The molecule has 19 heavy (non-hydrogen) atoms. The normalized spacial score (nSPS) is 12.5. The van der Waals surface area contributed by atoms with Crippen LogP contribution in [0.15, 0.2) is 36.4 Å². The molecule has 2 aromatic carbocycles. The number of Topliss-reactive ketones (excluding diaryl/α,β-unsaturated/α-hetero) is 1. The molecule has 1 unspecified atom stereocenters. The monoisotopic (exact) mass is 255 g/mol. The van der Waals surface area contributed by atoms with Crippen molar-refractivity contribution in [1.29, 1.82) is 0 Å². The lowest BCUT2D eigenvalue weighted by atomic mass is 9.94. The first-order valence-corrected chi connectivity index (χ1v) is 6.93. The molecule has 2 aromatic rings. The Morgan fingerprint density at radius 2 is 1.84 bits per heavy atom. The highest BCUT2D eigenvalue weighted by Gasteiger charge is 2.14. The van der Waals surface area contributed by atoms with E-state index in [9.17, 15) is 4.79 Å². The molecule has 0 aliphatic rings. The van der Waals surface area contributed by atoms with Gasteiger partial charge in [0.2, 0.25) is 0 Å². The van der Waals surface area contributed by atoms with Gasteiger partial charge in [-0.15, -0.1) is 0 Å². The Balaban J connectivity index is 2.29. The minimum absolute atomic E-state index is 0.157. The van der Waals surface area contributed by atoms with Crippen LogP contribution in [0.5, 0.6) is 0 Å². The Morgan fingerprint density at radius 3 is 2.47 bits per heavy atom. The number of carbonyl (C=O) groups is 1. The highest BCUT2D eigenvalue weighted by atomic mass is 16.1. The van der Waals surface area contributed by atoms with Crippen molar-refractivity contribution < 1.29 is 4.79 Å². The Kier molecular flexibility index (Phi) is 4.20. The van der Waals surface area contributed by atoms with Crippen LogP contribution in [0.2, 0.25) is 0 Å². The van der Waals surface area contributed by atoms with Gasteiger partial charge < -0.3 is 5.73 Å². The highest BCUT2D eigenvalue weighted by molar-refractivity contribution is 6.05. The Hall–Kier alpha value is -1.83. The predicted octanol–water partition coefficient (Wildman–Crippen LogP) is 4.43. The fourth-order valence-corrected chi connectivity index (χ4v) is 2.52. The van der Waals surface area contributed by atoms with Crippen molar-refractivity contribution in [2.75, 3.05) is 5.73 Å². The van der Waals surface area contributed by atoms with Gasteiger partial charge in [0.25, 0.3) is 0 Å². The summed E-state index contributed by atoms with van der Waals surface area (Å²) in [5.41, 5.74) is 7.27. The first kappa shape index (κ1) is 13.6. The maximum absolute atomic E-state index is 12.3. The fraction of sp³-hybridized carbons (Fsp3) is 0.353. The van der Waals surface area contributed by atoms with Gasteiger partial charge in [-0.1, -0.05) is 51.0 Å². The number of anilines is 1. The van der Waals surface area contributed by atoms with E-state index in [2.05, 4.69) is 13.8 Å². The molecule has 0 amide bonds. The number of nitrogens with two attached hydrogens (primary N) is 1. The number of hydrogen-bond acceptors (Lipinski definition) is 2. The molecule has 0 heterocycles. The largest absolute Gasteiger partial charge is 0.398 e. The molecule has 2 nitrogen and oxygen atoms in total. The topological polar surface area (TPSA) is 43.1 Å². The molecule has 100 valence electrons. The summed E-state index contributed by atoms with van der Waals surface area (Å²) < 4.78 is 0. The summed E-state index contributed by atoms with van der Waals surface area (Å²) in [5.74, 6) is 0.576. The van der Waals surface area contributed by atoms with Crippen LogP contribution in [0, 0.1) is 5.92 Å². The summed E-state index contributed by atoms with van der Waals surface area (Å²) in [6, 6.07) is 11.8. The molecule has 0 fully saturated rings. The summed E-state index contributed by atoms with van der Waals surface area (Å²) in [7, 11) is 0. The van der Waals surface area contributed by atoms with Gasteiger partial charge in [-0.05, 0) is 28.8 Å². The minimum atomic E-state index is 0.157. The zero-order chi connectivity index (χ0) is 13.8. The van der Waals surface area contributed by atoms with E-state index >= 15 is 0 Å². The quantitative estimate of drug-likeness (QED) is 0.634. The molecule has 1 atom stereocenters. The van der Waals surface area contributed by atoms with E-state index < -0.39 is 0 Å². The summed E-state index contributed by atoms with van der Waals surface area (Å²) >= 11 is 0. The zero-order valence-corrected chi connectivity index (χ0v) is 11.6. The lowest BCUT2D eigenvalue weighted by Gasteiger charge is -2.11. The number of ketones is 1. The molecule has 0 spiro atoms. The van der Waals surface area contributed by atoms with Gasteiger partial charge in [0.05, 0.1) is 0 Å². The van der Waals surface area contributed by atoms with Crippen LogP contribution in [0.1, 0.15) is 43.5 Å². The molecule has 0 aliphatic carbocycles. The van der Waals surface area contributed by atoms with E-state index in [4.69, 9.17) is 5.73 Å². The van der Waals surface area contributed by atoms with Crippen LogP contribution in [0.4, 0.5) is 5.69 Å². The molecule has 0 bridgehead atoms. The van der Waals surface area contributed by atoms with Crippen molar-refractivity contribution in [1.82, 2.24) is 0 Å². The van der Waals surface area contributed by atoms with Gasteiger partial charge in [-0.3, -0.25) is 4.79 Å². The Bertz CT molecular complexity index is 589. The smallest absolute Gasteiger partial charge is 0.165 e. The number of fused-ring (bicyclic) bond motifs is 1. The molecule has 2 heteroatoms. The second-order valence-corrected chi connectivity index (χ2v) is 5.31. The van der Waals surface area contributed by atoms with Crippen molar-refractivity contribution in [3.8, 4) is 0 Å². The van der Waals surface area contributed by atoms with E-state index in [1.165, 1.54) is 0 Å². The van der Waals surface area contributed by atoms with Crippen molar-refractivity contribution in [3.05, 3.63) is 42.0 Å². The van der Waals surface area contributed by atoms with Gasteiger partial charge in [0, 0.05) is 17.7 Å². The van der Waals surface area contributed by atoms with Gasteiger partial charge in [-0.25, -0.2) is 0 Å². The van der Waals surface area contributed by atoms with Gasteiger partial charge in [-0.2, -0.15) is 0 Å². The van der Waals surface area contributed by atoms with Crippen LogP contribution < -0.4 is 5.73 Å². The molecule has 0 saturated carbocycles. The van der Waals surface area contributed by atoms with Crippen LogP contribution in [0.3, 0.4) is 0 Å². The van der Waals surface area contributed by atoms with E-state index in [0.29, 0.717) is 23.6 Å². The molecule has 0 saturated heterocycles. The van der Waals surface area contributed by atoms with E-state index in [0.717, 1.165) is 23.6 Å². The van der Waals surface area contributed by atoms with Crippen LogP contribution in [-0.2, 0) is 0 Å². The first-order valence-electron chi connectivity index (χ1n) is 6.93. The van der Waals surface area contributed by atoms with Crippen LogP contribution in [-0.4, -0.2) is 5.78 Å². The Morgan fingerprint density at radius 1 is 1.21 bits per heavy atom. The van der Waals surface area contributed by atoms with Gasteiger partial charge >= 0.3 is 0 Å². The summed E-state index contributed by atoms with van der Waals surface area (Å²) in [6.45, 7) is 4.27. The van der Waals surface area contributed by atoms with E-state index in [-0.39, 0.29) is 5.78 Å². The van der Waals surface area contributed by atoms with Crippen molar-refractivity contribution >= 4 is 22.2 Å². The van der Waals surface area contributed by atoms with Crippen LogP contribution in [0.25, 0.3) is 10.8 Å². The van der Waals surface area contributed by atoms with E-state index in [1.807, 2.05) is 36.4 Å². The predicted molar refractivity (Wildman–Crippen MR) is 81.4 cm³/mol. The minimum Gasteiger partial charge on any atom is -0.398 e. The maximum atomic E-state index is 12.3. The van der Waals surface area contributed by atoms with Gasteiger partial charge in [0.1, 0.15) is 0 Å². The fourth-order valence-electron chi connectivity index (χ4n) is 2.52. The highest BCUT2D eigenvalue weighted by Crippen LogP contribution is 2.24.